The average Bonchev–Trinajstić information content (AvgIpc) is 2.70. The van der Waals surface area contributed by atoms with E-state index < -0.39 is 11.8 Å². The summed E-state index contributed by atoms with van der Waals surface area (Å²) in [6.07, 6.45) is 0.612. The van der Waals surface area contributed by atoms with Gasteiger partial charge < -0.3 is 24.8 Å². The predicted octanol–water partition coefficient (Wildman–Crippen LogP) is 2.79. The van der Waals surface area contributed by atoms with E-state index in [-0.39, 0.29) is 0 Å². The molecule has 0 aliphatic carbocycles. The maximum atomic E-state index is 12.1. The predicted molar refractivity (Wildman–Crippen MR) is 107 cm³/mol. The second kappa shape index (κ2) is 10.8. The number of benzene rings is 2. The summed E-state index contributed by atoms with van der Waals surface area (Å²) in [7, 11) is 1.61. The first kappa shape index (κ1) is 21.1. The van der Waals surface area contributed by atoms with Gasteiger partial charge in [-0.05, 0) is 50.1 Å². The van der Waals surface area contributed by atoms with E-state index in [2.05, 4.69) is 10.6 Å². The van der Waals surface area contributed by atoms with Crippen molar-refractivity contribution >= 4 is 17.5 Å². The van der Waals surface area contributed by atoms with Crippen LogP contribution in [0.2, 0.25) is 0 Å². The van der Waals surface area contributed by atoms with Crippen molar-refractivity contribution in [2.45, 2.75) is 20.3 Å². The highest BCUT2D eigenvalue weighted by Crippen LogP contribution is 2.30. The fourth-order valence-corrected chi connectivity index (χ4v) is 2.51. The van der Waals surface area contributed by atoms with Crippen LogP contribution in [-0.4, -0.2) is 38.7 Å². The summed E-state index contributed by atoms with van der Waals surface area (Å²) in [5.41, 5.74) is 1.50. The van der Waals surface area contributed by atoms with Crippen molar-refractivity contribution in [1.82, 2.24) is 5.32 Å². The second-order valence-corrected chi connectivity index (χ2v) is 5.84. The van der Waals surface area contributed by atoms with Crippen molar-refractivity contribution in [3.8, 4) is 17.2 Å². The molecule has 2 aromatic rings. The van der Waals surface area contributed by atoms with Crippen LogP contribution in [0.5, 0.6) is 17.2 Å². The Morgan fingerprint density at radius 3 is 2.21 bits per heavy atom. The van der Waals surface area contributed by atoms with Crippen molar-refractivity contribution in [1.29, 1.82) is 0 Å². The van der Waals surface area contributed by atoms with E-state index in [9.17, 15) is 9.59 Å². The molecule has 0 spiro atoms. The van der Waals surface area contributed by atoms with Gasteiger partial charge >= 0.3 is 11.8 Å². The van der Waals surface area contributed by atoms with Crippen molar-refractivity contribution < 1.29 is 23.8 Å². The summed E-state index contributed by atoms with van der Waals surface area (Å²) in [6.45, 7) is 5.05. The lowest BCUT2D eigenvalue weighted by molar-refractivity contribution is -0.136. The lowest BCUT2D eigenvalue weighted by Crippen LogP contribution is -2.36. The minimum absolute atomic E-state index is 0.353. The van der Waals surface area contributed by atoms with Crippen molar-refractivity contribution in [2.75, 3.05) is 32.2 Å². The first-order valence-electron chi connectivity index (χ1n) is 9.19. The molecule has 2 amide bonds. The second-order valence-electron chi connectivity index (χ2n) is 5.84. The van der Waals surface area contributed by atoms with Crippen LogP contribution in [0.25, 0.3) is 0 Å². The number of nitrogens with one attached hydrogen (secondary N) is 2. The van der Waals surface area contributed by atoms with E-state index in [0.29, 0.717) is 43.4 Å². The van der Waals surface area contributed by atoms with Gasteiger partial charge in [0.05, 0.1) is 20.3 Å². The number of methoxy groups -OCH3 is 1. The minimum atomic E-state index is -0.735. The number of anilines is 1. The van der Waals surface area contributed by atoms with Gasteiger partial charge in [-0.2, -0.15) is 0 Å². The van der Waals surface area contributed by atoms with E-state index in [1.807, 2.05) is 38.1 Å². The van der Waals surface area contributed by atoms with Gasteiger partial charge in [0, 0.05) is 18.3 Å². The Bertz CT molecular complexity index is 790. The smallest absolute Gasteiger partial charge is 0.313 e. The van der Waals surface area contributed by atoms with Gasteiger partial charge in [-0.3, -0.25) is 9.59 Å². The molecule has 150 valence electrons. The molecule has 7 heteroatoms. The summed E-state index contributed by atoms with van der Waals surface area (Å²) >= 11 is 0. The van der Waals surface area contributed by atoms with E-state index in [1.165, 1.54) is 0 Å². The van der Waals surface area contributed by atoms with Crippen LogP contribution in [0.1, 0.15) is 19.4 Å². The molecule has 2 N–H and O–H groups in total. The standard InChI is InChI=1S/C21H26N2O5/c1-4-27-18-11-8-16(14-19(18)28-5-2)23-21(25)20(24)22-13-12-15-6-9-17(26-3)10-7-15/h6-11,14H,4-5,12-13H2,1-3H3,(H,22,24)(H,23,25). The summed E-state index contributed by atoms with van der Waals surface area (Å²) in [4.78, 5) is 24.1. The minimum Gasteiger partial charge on any atom is -0.497 e. The zero-order valence-corrected chi connectivity index (χ0v) is 16.4. The third-order valence-electron chi connectivity index (χ3n) is 3.87. The van der Waals surface area contributed by atoms with Gasteiger partial charge in [0.2, 0.25) is 0 Å². The Morgan fingerprint density at radius 2 is 1.57 bits per heavy atom. The van der Waals surface area contributed by atoms with Gasteiger partial charge in [0.15, 0.2) is 11.5 Å². The van der Waals surface area contributed by atoms with Gasteiger partial charge in [-0.15, -0.1) is 0 Å². The average molecular weight is 386 g/mol. The molecule has 0 fully saturated rings. The van der Waals surface area contributed by atoms with E-state index >= 15 is 0 Å². The molecule has 0 atom stereocenters. The fraction of sp³-hybridized carbons (Fsp3) is 0.333. The third kappa shape index (κ3) is 6.19. The monoisotopic (exact) mass is 386 g/mol. The Morgan fingerprint density at radius 1 is 0.893 bits per heavy atom. The molecule has 2 rings (SSSR count). The number of carbonyl (C=O) groups excluding carboxylic acids is 2. The largest absolute Gasteiger partial charge is 0.497 e. The third-order valence-corrected chi connectivity index (χ3v) is 3.87. The molecular formula is C21H26N2O5. The molecule has 0 heterocycles. The Kier molecular flexibility index (Phi) is 8.14. The maximum absolute atomic E-state index is 12.1. The number of rotatable bonds is 9. The Hall–Kier alpha value is -3.22. The van der Waals surface area contributed by atoms with E-state index in [0.717, 1.165) is 11.3 Å². The van der Waals surface area contributed by atoms with Crippen LogP contribution in [0, 0.1) is 0 Å². The van der Waals surface area contributed by atoms with Crippen LogP contribution in [0.15, 0.2) is 42.5 Å². The summed E-state index contributed by atoms with van der Waals surface area (Å²) in [5.74, 6) is 0.448. The molecule has 0 unspecified atom stereocenters. The number of carbonyl (C=O) groups is 2. The zero-order valence-electron chi connectivity index (χ0n) is 16.4. The van der Waals surface area contributed by atoms with Crippen molar-refractivity contribution in [3.05, 3.63) is 48.0 Å². The molecule has 0 saturated carbocycles. The van der Waals surface area contributed by atoms with Crippen LogP contribution < -0.4 is 24.8 Å². The number of hydrogen-bond donors (Lipinski definition) is 2. The SMILES string of the molecule is CCOc1ccc(NC(=O)C(=O)NCCc2ccc(OC)cc2)cc1OCC. The molecule has 7 nitrogen and oxygen atoms in total. The summed E-state index contributed by atoms with van der Waals surface area (Å²) < 4.78 is 16.1. The maximum Gasteiger partial charge on any atom is 0.313 e. The molecule has 0 saturated heterocycles. The Labute approximate surface area is 165 Å². The highest BCUT2D eigenvalue weighted by Gasteiger charge is 2.15. The summed E-state index contributed by atoms with van der Waals surface area (Å²) in [5, 5.41) is 5.18. The lowest BCUT2D eigenvalue weighted by atomic mass is 10.1. The quantitative estimate of drug-likeness (QED) is 0.647. The fourth-order valence-electron chi connectivity index (χ4n) is 2.51. The molecular weight excluding hydrogens is 360 g/mol. The van der Waals surface area contributed by atoms with E-state index in [1.54, 1.807) is 25.3 Å². The van der Waals surface area contributed by atoms with Crippen LogP contribution >= 0.6 is 0 Å². The lowest BCUT2D eigenvalue weighted by Gasteiger charge is -2.13. The molecule has 2 aromatic carbocycles. The highest BCUT2D eigenvalue weighted by molar-refractivity contribution is 6.39. The molecule has 0 aliphatic heterocycles. The number of amides is 2. The van der Waals surface area contributed by atoms with Gasteiger partial charge in [-0.1, -0.05) is 12.1 Å². The Balaban J connectivity index is 1.87. The number of ether oxygens (including phenoxy) is 3. The molecule has 0 aromatic heterocycles. The number of hydrogen-bond acceptors (Lipinski definition) is 5. The van der Waals surface area contributed by atoms with Crippen LogP contribution in [0.4, 0.5) is 5.69 Å². The first-order chi connectivity index (χ1) is 13.6. The highest BCUT2D eigenvalue weighted by atomic mass is 16.5. The summed E-state index contributed by atoms with van der Waals surface area (Å²) in [6, 6.07) is 12.5. The van der Waals surface area contributed by atoms with Gasteiger partial charge in [-0.25, -0.2) is 0 Å². The van der Waals surface area contributed by atoms with Crippen molar-refractivity contribution in [2.24, 2.45) is 0 Å². The normalized spacial score (nSPS) is 10.1. The molecule has 0 radical (unpaired) electrons. The topological polar surface area (TPSA) is 85.9 Å². The van der Waals surface area contributed by atoms with E-state index in [4.69, 9.17) is 14.2 Å². The van der Waals surface area contributed by atoms with Crippen LogP contribution in [0.3, 0.4) is 0 Å². The first-order valence-corrected chi connectivity index (χ1v) is 9.19. The van der Waals surface area contributed by atoms with Crippen LogP contribution in [-0.2, 0) is 16.0 Å². The zero-order chi connectivity index (χ0) is 20.4. The van der Waals surface area contributed by atoms with Gasteiger partial charge in [0.25, 0.3) is 0 Å². The molecule has 0 bridgehead atoms. The van der Waals surface area contributed by atoms with Gasteiger partial charge in [0.1, 0.15) is 5.75 Å². The molecule has 28 heavy (non-hydrogen) atoms. The van der Waals surface area contributed by atoms with Crippen molar-refractivity contribution in [3.63, 3.8) is 0 Å². The molecule has 0 aliphatic rings.